The van der Waals surface area contributed by atoms with Crippen LogP contribution in [0.2, 0.25) is 5.02 Å². The van der Waals surface area contributed by atoms with E-state index < -0.39 is 0 Å². The minimum atomic E-state index is -0.144. The van der Waals surface area contributed by atoms with E-state index in [4.69, 9.17) is 16.3 Å². The molecule has 1 aliphatic rings. The van der Waals surface area contributed by atoms with Gasteiger partial charge in [-0.3, -0.25) is 9.59 Å². The van der Waals surface area contributed by atoms with Crippen molar-refractivity contribution >= 4 is 29.1 Å². The molecule has 0 radical (unpaired) electrons. The third-order valence-corrected chi connectivity index (χ3v) is 4.73. The van der Waals surface area contributed by atoms with Gasteiger partial charge in [0.05, 0.1) is 17.9 Å². The summed E-state index contributed by atoms with van der Waals surface area (Å²) >= 11 is 5.99. The van der Waals surface area contributed by atoms with E-state index in [1.165, 1.54) is 0 Å². The highest BCUT2D eigenvalue weighted by molar-refractivity contribution is 6.31. The zero-order valence-corrected chi connectivity index (χ0v) is 16.0. The number of amides is 2. The molecule has 2 aromatic carbocycles. The lowest BCUT2D eigenvalue weighted by molar-refractivity contribution is -0.116. The lowest BCUT2D eigenvalue weighted by atomic mass is 10.1. The molecule has 2 aromatic rings. The molecule has 0 spiro atoms. The number of hydrogen-bond acceptors (Lipinski definition) is 3. The summed E-state index contributed by atoms with van der Waals surface area (Å²) in [5.41, 5.74) is 1.98. The highest BCUT2D eigenvalue weighted by Crippen LogP contribution is 2.22. The summed E-state index contributed by atoms with van der Waals surface area (Å²) in [5.74, 6) is 0.451. The molecule has 5 nitrogen and oxygen atoms in total. The molecular weight excluding hydrogens is 364 g/mol. The van der Waals surface area contributed by atoms with Gasteiger partial charge < -0.3 is 15.4 Å². The van der Waals surface area contributed by atoms with Crippen LogP contribution in [0.1, 0.15) is 41.6 Å². The molecule has 6 heteroatoms. The second kappa shape index (κ2) is 8.91. The molecular formula is C21H23ClN2O3. The third-order valence-electron chi connectivity index (χ3n) is 4.30. The predicted molar refractivity (Wildman–Crippen MR) is 106 cm³/mol. The topological polar surface area (TPSA) is 67.4 Å². The number of benzene rings is 2. The van der Waals surface area contributed by atoms with E-state index in [0.717, 1.165) is 24.2 Å². The highest BCUT2D eigenvalue weighted by Gasteiger charge is 2.24. The summed E-state index contributed by atoms with van der Waals surface area (Å²) in [6.07, 6.45) is 2.93. The maximum atomic E-state index is 12.3. The van der Waals surface area contributed by atoms with Gasteiger partial charge >= 0.3 is 0 Å². The van der Waals surface area contributed by atoms with Crippen molar-refractivity contribution in [2.45, 2.75) is 38.6 Å². The van der Waals surface area contributed by atoms with Crippen LogP contribution in [-0.2, 0) is 4.79 Å². The molecule has 0 bridgehead atoms. The number of carbonyl (C=O) groups is 2. The fourth-order valence-electron chi connectivity index (χ4n) is 2.62. The van der Waals surface area contributed by atoms with Crippen LogP contribution in [0.4, 0.5) is 5.69 Å². The number of rotatable bonds is 8. The summed E-state index contributed by atoms with van der Waals surface area (Å²) < 4.78 is 5.65. The normalized spacial score (nSPS) is 13.1. The number of hydrogen-bond donors (Lipinski definition) is 2. The first-order valence-electron chi connectivity index (χ1n) is 9.11. The van der Waals surface area contributed by atoms with Gasteiger partial charge in [0.1, 0.15) is 5.75 Å². The first kappa shape index (κ1) is 19.2. The largest absolute Gasteiger partial charge is 0.494 e. The number of nitrogens with one attached hydrogen (secondary N) is 2. The fourth-order valence-corrected chi connectivity index (χ4v) is 2.74. The fraction of sp³-hybridized carbons (Fsp3) is 0.333. The van der Waals surface area contributed by atoms with Crippen LogP contribution < -0.4 is 15.4 Å². The van der Waals surface area contributed by atoms with Crippen molar-refractivity contribution in [1.29, 1.82) is 0 Å². The van der Waals surface area contributed by atoms with E-state index in [1.54, 1.807) is 30.3 Å². The van der Waals surface area contributed by atoms with Gasteiger partial charge in [0.25, 0.3) is 5.91 Å². The van der Waals surface area contributed by atoms with Crippen molar-refractivity contribution in [3.8, 4) is 5.75 Å². The molecule has 142 valence electrons. The molecule has 2 N–H and O–H groups in total. The van der Waals surface area contributed by atoms with Crippen molar-refractivity contribution in [2.24, 2.45) is 0 Å². The first-order valence-corrected chi connectivity index (χ1v) is 9.49. The smallest absolute Gasteiger partial charge is 0.253 e. The first-order chi connectivity index (χ1) is 13.0. The summed E-state index contributed by atoms with van der Waals surface area (Å²) in [5, 5.41) is 6.47. The molecule has 1 aliphatic carbocycles. The molecule has 0 saturated heterocycles. The van der Waals surface area contributed by atoms with Crippen LogP contribution in [0.25, 0.3) is 0 Å². The van der Waals surface area contributed by atoms with Gasteiger partial charge in [-0.25, -0.2) is 0 Å². The number of anilines is 1. The highest BCUT2D eigenvalue weighted by atomic mass is 35.5. The lowest BCUT2D eigenvalue weighted by Crippen LogP contribution is -2.27. The Balaban J connectivity index is 1.46. The Morgan fingerprint density at radius 2 is 1.96 bits per heavy atom. The van der Waals surface area contributed by atoms with Crippen LogP contribution in [-0.4, -0.2) is 24.5 Å². The van der Waals surface area contributed by atoms with Crippen molar-refractivity contribution < 1.29 is 14.3 Å². The Bertz CT molecular complexity index is 834. The van der Waals surface area contributed by atoms with Crippen LogP contribution in [0.5, 0.6) is 5.75 Å². The van der Waals surface area contributed by atoms with Gasteiger partial charge in [0.15, 0.2) is 0 Å². The third kappa shape index (κ3) is 5.73. The molecule has 2 amide bonds. The van der Waals surface area contributed by atoms with Crippen molar-refractivity contribution in [3.05, 3.63) is 58.6 Å². The molecule has 0 atom stereocenters. The van der Waals surface area contributed by atoms with Crippen molar-refractivity contribution in [3.63, 3.8) is 0 Å². The standard InChI is InChI=1S/C21H23ClN2O3/c1-14-13-16(10-11-18(14)22)27-12-4-7-20(25)24-19-6-3-2-5-17(19)21(26)23-15-8-9-15/h2-3,5-6,10-11,13,15H,4,7-9,12H2,1H3,(H,23,26)(H,24,25). The number of ether oxygens (including phenoxy) is 1. The molecule has 1 saturated carbocycles. The van der Waals surface area contributed by atoms with Crippen LogP contribution >= 0.6 is 11.6 Å². The van der Waals surface area contributed by atoms with Gasteiger partial charge in [0, 0.05) is 17.5 Å². The number of para-hydroxylation sites is 1. The number of halogens is 1. The summed E-state index contributed by atoms with van der Waals surface area (Å²) in [4.78, 5) is 24.5. The molecule has 0 unspecified atom stereocenters. The van der Waals surface area contributed by atoms with E-state index in [2.05, 4.69) is 10.6 Å². The van der Waals surface area contributed by atoms with E-state index >= 15 is 0 Å². The Morgan fingerprint density at radius 3 is 2.70 bits per heavy atom. The number of carbonyl (C=O) groups excluding carboxylic acids is 2. The second-order valence-corrected chi connectivity index (χ2v) is 7.11. The van der Waals surface area contributed by atoms with Gasteiger partial charge in [-0.2, -0.15) is 0 Å². The minimum Gasteiger partial charge on any atom is -0.494 e. The minimum absolute atomic E-state index is 0.141. The SMILES string of the molecule is Cc1cc(OCCCC(=O)Nc2ccccc2C(=O)NC2CC2)ccc1Cl. The second-order valence-electron chi connectivity index (χ2n) is 6.70. The Kier molecular flexibility index (Phi) is 6.35. The van der Waals surface area contributed by atoms with Crippen LogP contribution in [0, 0.1) is 6.92 Å². The Hall–Kier alpha value is -2.53. The molecule has 3 rings (SSSR count). The van der Waals surface area contributed by atoms with E-state index in [9.17, 15) is 9.59 Å². The monoisotopic (exact) mass is 386 g/mol. The maximum absolute atomic E-state index is 12.3. The lowest BCUT2D eigenvalue weighted by Gasteiger charge is -2.11. The summed E-state index contributed by atoms with van der Waals surface area (Å²) in [7, 11) is 0. The van der Waals surface area contributed by atoms with Crippen molar-refractivity contribution in [2.75, 3.05) is 11.9 Å². The Labute approximate surface area is 164 Å². The van der Waals surface area contributed by atoms with E-state index in [0.29, 0.717) is 35.7 Å². The predicted octanol–water partition coefficient (Wildman–Crippen LogP) is 4.34. The van der Waals surface area contributed by atoms with Crippen LogP contribution in [0.3, 0.4) is 0 Å². The molecule has 0 heterocycles. The van der Waals surface area contributed by atoms with Gasteiger partial charge in [-0.15, -0.1) is 0 Å². The number of aryl methyl sites for hydroxylation is 1. The molecule has 1 fully saturated rings. The van der Waals surface area contributed by atoms with Crippen LogP contribution in [0.15, 0.2) is 42.5 Å². The van der Waals surface area contributed by atoms with E-state index in [-0.39, 0.29) is 17.9 Å². The van der Waals surface area contributed by atoms with Crippen molar-refractivity contribution in [1.82, 2.24) is 5.32 Å². The Morgan fingerprint density at radius 1 is 1.19 bits per heavy atom. The van der Waals surface area contributed by atoms with Gasteiger partial charge in [-0.1, -0.05) is 23.7 Å². The average Bonchev–Trinajstić information content (AvgIpc) is 3.46. The molecule has 0 aliphatic heterocycles. The molecule has 27 heavy (non-hydrogen) atoms. The molecule has 0 aromatic heterocycles. The van der Waals surface area contributed by atoms with Gasteiger partial charge in [-0.05, 0) is 62.1 Å². The summed E-state index contributed by atoms with van der Waals surface area (Å²) in [6.45, 7) is 2.35. The van der Waals surface area contributed by atoms with E-state index in [1.807, 2.05) is 19.1 Å². The zero-order chi connectivity index (χ0) is 19.2. The average molecular weight is 387 g/mol. The maximum Gasteiger partial charge on any atom is 0.253 e. The van der Waals surface area contributed by atoms with Gasteiger partial charge in [0.2, 0.25) is 5.91 Å². The quantitative estimate of drug-likeness (QED) is 0.663. The summed E-state index contributed by atoms with van der Waals surface area (Å²) in [6, 6.07) is 12.8. The zero-order valence-electron chi connectivity index (χ0n) is 15.3.